The van der Waals surface area contributed by atoms with Gasteiger partial charge in [0.05, 0.1) is 4.90 Å². The Bertz CT molecular complexity index is 483. The average Bonchev–Trinajstić information content (AvgIpc) is 2.43. The van der Waals surface area contributed by atoms with E-state index in [1.165, 1.54) is 4.31 Å². The van der Waals surface area contributed by atoms with Gasteiger partial charge in [0, 0.05) is 19.6 Å². The molecule has 0 radical (unpaired) electrons. The second kappa shape index (κ2) is 7.03. The van der Waals surface area contributed by atoms with E-state index in [0.717, 1.165) is 25.1 Å². The first-order valence-corrected chi connectivity index (χ1v) is 8.15. The Morgan fingerprint density at radius 1 is 1.21 bits per heavy atom. The van der Waals surface area contributed by atoms with E-state index in [9.17, 15) is 8.42 Å². The molecule has 1 rings (SSSR count). The van der Waals surface area contributed by atoms with Crippen molar-refractivity contribution < 1.29 is 8.42 Å². The molecule has 0 heterocycles. The van der Waals surface area contributed by atoms with Gasteiger partial charge in [-0.3, -0.25) is 0 Å². The second-order valence-corrected chi connectivity index (χ2v) is 6.70. The first-order valence-electron chi connectivity index (χ1n) is 6.71. The Morgan fingerprint density at radius 3 is 2.26 bits per heavy atom. The predicted molar refractivity (Wildman–Crippen MR) is 78.5 cm³/mol. The van der Waals surface area contributed by atoms with E-state index in [1.54, 1.807) is 19.2 Å². The molecule has 0 aliphatic rings. The number of nitrogens with one attached hydrogen (secondary N) is 1. The molecule has 5 heteroatoms. The summed E-state index contributed by atoms with van der Waals surface area (Å²) in [5.74, 6) is 0. The molecule has 0 spiro atoms. The van der Waals surface area contributed by atoms with Crippen molar-refractivity contribution in [3.05, 3.63) is 29.8 Å². The molecule has 0 aromatic heterocycles. The maximum absolute atomic E-state index is 12.4. The monoisotopic (exact) mass is 284 g/mol. The lowest BCUT2D eigenvalue weighted by Crippen LogP contribution is -2.34. The number of benzene rings is 1. The highest BCUT2D eigenvalue weighted by Crippen LogP contribution is 2.18. The molecule has 0 saturated carbocycles. The fourth-order valence-electron chi connectivity index (χ4n) is 1.71. The van der Waals surface area contributed by atoms with Gasteiger partial charge in [-0.25, -0.2) is 8.42 Å². The Hall–Kier alpha value is -0.910. The third-order valence-electron chi connectivity index (χ3n) is 3.39. The van der Waals surface area contributed by atoms with Gasteiger partial charge in [0.25, 0.3) is 0 Å². The largest absolute Gasteiger partial charge is 0.313 e. The second-order valence-electron chi connectivity index (χ2n) is 4.70. The van der Waals surface area contributed by atoms with Crippen molar-refractivity contribution in [2.24, 2.45) is 0 Å². The number of rotatable bonds is 7. The Morgan fingerprint density at radius 2 is 1.79 bits per heavy atom. The molecule has 1 atom stereocenters. The van der Waals surface area contributed by atoms with Crippen LogP contribution < -0.4 is 5.32 Å². The van der Waals surface area contributed by atoms with Crippen LogP contribution in [0.1, 0.15) is 32.8 Å². The fourth-order valence-corrected chi connectivity index (χ4v) is 3.14. The molecule has 1 unspecified atom stereocenters. The van der Waals surface area contributed by atoms with Gasteiger partial charge in [-0.1, -0.05) is 26.0 Å². The van der Waals surface area contributed by atoms with Crippen molar-refractivity contribution in [3.8, 4) is 0 Å². The van der Waals surface area contributed by atoms with Gasteiger partial charge in [0.1, 0.15) is 0 Å². The van der Waals surface area contributed by atoms with Crippen molar-refractivity contribution in [1.29, 1.82) is 0 Å². The van der Waals surface area contributed by atoms with Crippen LogP contribution in [0.5, 0.6) is 0 Å². The van der Waals surface area contributed by atoms with E-state index in [1.807, 2.05) is 32.9 Å². The lowest BCUT2D eigenvalue weighted by molar-refractivity contribution is 0.380. The molecule has 1 aromatic rings. The highest BCUT2D eigenvalue weighted by molar-refractivity contribution is 7.89. The Labute approximate surface area is 116 Å². The van der Waals surface area contributed by atoms with Crippen LogP contribution >= 0.6 is 0 Å². The average molecular weight is 284 g/mol. The maximum Gasteiger partial charge on any atom is 0.243 e. The van der Waals surface area contributed by atoms with E-state index in [4.69, 9.17) is 0 Å². The van der Waals surface area contributed by atoms with Gasteiger partial charge in [0.15, 0.2) is 0 Å². The van der Waals surface area contributed by atoms with Gasteiger partial charge in [0.2, 0.25) is 10.0 Å². The molecular weight excluding hydrogens is 260 g/mol. The molecule has 0 bridgehead atoms. The molecule has 1 N–H and O–H groups in total. The molecule has 0 saturated heterocycles. The van der Waals surface area contributed by atoms with Crippen molar-refractivity contribution in [3.63, 3.8) is 0 Å². The van der Waals surface area contributed by atoms with Crippen LogP contribution in [0.2, 0.25) is 0 Å². The van der Waals surface area contributed by atoms with E-state index >= 15 is 0 Å². The summed E-state index contributed by atoms with van der Waals surface area (Å²) < 4.78 is 26.2. The van der Waals surface area contributed by atoms with Crippen LogP contribution in [0.25, 0.3) is 0 Å². The zero-order chi connectivity index (χ0) is 14.5. The molecule has 1 aromatic carbocycles. The summed E-state index contributed by atoms with van der Waals surface area (Å²) in [5, 5.41) is 3.21. The fraction of sp³-hybridized carbons (Fsp3) is 0.571. The first-order chi connectivity index (χ1) is 8.93. The van der Waals surface area contributed by atoms with Crippen molar-refractivity contribution in [2.75, 3.05) is 13.6 Å². The summed E-state index contributed by atoms with van der Waals surface area (Å²) in [6.45, 7) is 7.60. The topological polar surface area (TPSA) is 49.4 Å². The van der Waals surface area contributed by atoms with Crippen LogP contribution in [0, 0.1) is 0 Å². The van der Waals surface area contributed by atoms with Gasteiger partial charge in [-0.05, 0) is 37.6 Å². The van der Waals surface area contributed by atoms with E-state index in [2.05, 4.69) is 5.32 Å². The summed E-state index contributed by atoms with van der Waals surface area (Å²) in [7, 11) is -1.74. The van der Waals surface area contributed by atoms with Crippen LogP contribution in [-0.2, 0) is 16.6 Å². The van der Waals surface area contributed by atoms with Gasteiger partial charge < -0.3 is 5.32 Å². The summed E-state index contributed by atoms with van der Waals surface area (Å²) in [4.78, 5) is 0.357. The third kappa shape index (κ3) is 4.03. The predicted octanol–water partition coefficient (Wildman–Crippen LogP) is 2.22. The lowest BCUT2D eigenvalue weighted by Gasteiger charge is -2.23. The summed E-state index contributed by atoms with van der Waals surface area (Å²) in [6.07, 6.45) is 0.800. The number of hydrogen-bond donors (Lipinski definition) is 1. The molecule has 108 valence electrons. The SMILES string of the molecule is CCNCc1ccc(S(=O)(=O)N(C)C(C)CC)cc1. The highest BCUT2D eigenvalue weighted by Gasteiger charge is 2.24. The van der Waals surface area contributed by atoms with Crippen LogP contribution in [-0.4, -0.2) is 32.4 Å². The van der Waals surface area contributed by atoms with Crippen molar-refractivity contribution in [1.82, 2.24) is 9.62 Å². The van der Waals surface area contributed by atoms with E-state index < -0.39 is 10.0 Å². The Kier molecular flexibility index (Phi) is 5.97. The molecular formula is C14H24N2O2S. The maximum atomic E-state index is 12.4. The Balaban J connectivity index is 2.90. The zero-order valence-electron chi connectivity index (χ0n) is 12.2. The molecule has 0 aliphatic carbocycles. The smallest absolute Gasteiger partial charge is 0.243 e. The van der Waals surface area contributed by atoms with E-state index in [0.29, 0.717) is 4.90 Å². The number of hydrogen-bond acceptors (Lipinski definition) is 3. The minimum absolute atomic E-state index is 0.00596. The number of sulfonamides is 1. The normalized spacial score (nSPS) is 13.7. The zero-order valence-corrected chi connectivity index (χ0v) is 13.0. The number of nitrogens with zero attached hydrogens (tertiary/aromatic N) is 1. The minimum Gasteiger partial charge on any atom is -0.313 e. The third-order valence-corrected chi connectivity index (χ3v) is 5.38. The standard InChI is InChI=1S/C14H24N2O2S/c1-5-12(3)16(4)19(17,18)14-9-7-13(8-10-14)11-15-6-2/h7-10,12,15H,5-6,11H2,1-4H3. The van der Waals surface area contributed by atoms with Gasteiger partial charge >= 0.3 is 0 Å². The molecule has 0 aliphatic heterocycles. The molecule has 4 nitrogen and oxygen atoms in total. The van der Waals surface area contributed by atoms with Gasteiger partial charge in [-0.15, -0.1) is 0 Å². The minimum atomic E-state index is -3.37. The quantitative estimate of drug-likeness (QED) is 0.835. The van der Waals surface area contributed by atoms with E-state index in [-0.39, 0.29) is 6.04 Å². The summed E-state index contributed by atoms with van der Waals surface area (Å²) in [5.41, 5.74) is 1.09. The van der Waals surface area contributed by atoms with Crippen LogP contribution in [0.4, 0.5) is 0 Å². The highest BCUT2D eigenvalue weighted by atomic mass is 32.2. The van der Waals surface area contributed by atoms with Gasteiger partial charge in [-0.2, -0.15) is 4.31 Å². The molecule has 0 amide bonds. The van der Waals surface area contributed by atoms with Crippen LogP contribution in [0.15, 0.2) is 29.2 Å². The van der Waals surface area contributed by atoms with Crippen LogP contribution in [0.3, 0.4) is 0 Å². The summed E-state index contributed by atoms with van der Waals surface area (Å²) in [6, 6.07) is 7.09. The molecule has 0 fully saturated rings. The lowest BCUT2D eigenvalue weighted by atomic mass is 10.2. The molecule has 19 heavy (non-hydrogen) atoms. The van der Waals surface area contributed by atoms with Crippen molar-refractivity contribution in [2.45, 2.75) is 44.7 Å². The summed E-state index contributed by atoms with van der Waals surface area (Å²) >= 11 is 0. The first kappa shape index (κ1) is 16.1. The van der Waals surface area contributed by atoms with Crippen molar-refractivity contribution >= 4 is 10.0 Å².